The third-order valence-electron chi connectivity index (χ3n) is 5.64. The molecule has 0 aliphatic carbocycles. The van der Waals surface area contributed by atoms with Crippen LogP contribution in [-0.4, -0.2) is 49.9 Å². The third-order valence-corrected chi connectivity index (χ3v) is 5.64. The molecule has 4 rings (SSSR count). The Morgan fingerprint density at radius 3 is 1.59 bits per heavy atom. The Kier molecular flexibility index (Phi) is 7.94. The van der Waals surface area contributed by atoms with Crippen LogP contribution in [0.25, 0.3) is 0 Å². The number of carbonyl (C=O) groups is 4. The van der Waals surface area contributed by atoms with Gasteiger partial charge in [-0.1, -0.05) is 66.7 Å². The second-order valence-corrected chi connectivity index (χ2v) is 8.33. The van der Waals surface area contributed by atoms with Crippen molar-refractivity contribution < 1.29 is 44.3 Å². The monoisotopic (exact) mass is 507 g/mol. The Balaban J connectivity index is 0.000000251. The van der Waals surface area contributed by atoms with Gasteiger partial charge in [-0.3, -0.25) is 14.4 Å². The van der Waals surface area contributed by atoms with Crippen LogP contribution in [-0.2, 0) is 29.5 Å². The summed E-state index contributed by atoms with van der Waals surface area (Å²) in [4.78, 5) is 42.6. The number of esters is 1. The van der Waals surface area contributed by atoms with Gasteiger partial charge < -0.3 is 30.5 Å². The maximum absolute atomic E-state index is 12.1. The van der Waals surface area contributed by atoms with E-state index < -0.39 is 42.0 Å². The van der Waals surface area contributed by atoms with Crippen LogP contribution in [0.2, 0.25) is 0 Å². The van der Waals surface area contributed by atoms with Crippen molar-refractivity contribution in [3.63, 3.8) is 0 Å². The van der Waals surface area contributed by atoms with Gasteiger partial charge in [-0.05, 0) is 12.1 Å². The van der Waals surface area contributed by atoms with Gasteiger partial charge >= 0.3 is 23.9 Å². The number of aliphatic hydroxyl groups is 1. The zero-order chi connectivity index (χ0) is 27.2. The van der Waals surface area contributed by atoms with E-state index in [0.717, 1.165) is 28.1 Å². The molecular formula is C27H25NO9. The molecule has 3 aromatic carbocycles. The number of carbonyl (C=O) groups excluding carboxylic acids is 1. The lowest BCUT2D eigenvalue weighted by molar-refractivity contribution is -0.170. The Hall–Kier alpha value is -4.70. The maximum atomic E-state index is 12.1. The molecule has 10 heteroatoms. The molecular weight excluding hydrogens is 482 g/mol. The largest absolute Gasteiger partial charge is 0.481 e. The molecule has 0 amide bonds. The fraction of sp³-hybridized carbons (Fsp3) is 0.185. The van der Waals surface area contributed by atoms with Crippen molar-refractivity contribution >= 4 is 35.3 Å². The molecule has 10 nitrogen and oxygen atoms in total. The second-order valence-electron chi connectivity index (χ2n) is 8.33. The second kappa shape index (κ2) is 10.9. The fourth-order valence-corrected chi connectivity index (χ4v) is 4.17. The number of nitrogens with one attached hydrogen (secondary N) is 1. The molecule has 1 aliphatic heterocycles. The first-order valence-electron chi connectivity index (χ1n) is 11.1. The average molecular weight is 507 g/mol. The minimum absolute atomic E-state index is 0.314. The van der Waals surface area contributed by atoms with E-state index in [4.69, 9.17) is 25.2 Å². The highest BCUT2D eigenvalue weighted by Crippen LogP contribution is 2.50. The maximum Gasteiger partial charge on any atom is 0.336 e. The summed E-state index contributed by atoms with van der Waals surface area (Å²) in [5, 5.41) is 37.3. The van der Waals surface area contributed by atoms with Gasteiger partial charge in [0.1, 0.15) is 0 Å². The topological polar surface area (TPSA) is 170 Å². The fourth-order valence-electron chi connectivity index (χ4n) is 4.17. The summed E-state index contributed by atoms with van der Waals surface area (Å²) in [7, 11) is 0. The van der Waals surface area contributed by atoms with Crippen LogP contribution in [0.3, 0.4) is 0 Å². The number of carboxylic acid groups (broad SMARTS) is 3. The Labute approximate surface area is 211 Å². The van der Waals surface area contributed by atoms with Crippen LogP contribution in [0.15, 0.2) is 78.9 Å². The smallest absolute Gasteiger partial charge is 0.336 e. The van der Waals surface area contributed by atoms with Crippen LogP contribution >= 0.6 is 0 Å². The number of benzene rings is 3. The minimum atomic E-state index is -2.74. The summed E-state index contributed by atoms with van der Waals surface area (Å²) in [6.07, 6.45) is -2.29. The first-order chi connectivity index (χ1) is 17.5. The summed E-state index contributed by atoms with van der Waals surface area (Å²) in [5.41, 5.74) is 1.00. The van der Waals surface area contributed by atoms with Crippen molar-refractivity contribution in [2.75, 3.05) is 5.32 Å². The van der Waals surface area contributed by atoms with E-state index in [1.807, 2.05) is 78.9 Å². The first kappa shape index (κ1) is 26.9. The van der Waals surface area contributed by atoms with Crippen molar-refractivity contribution in [2.24, 2.45) is 0 Å². The lowest BCUT2D eigenvalue weighted by Crippen LogP contribution is -2.42. The van der Waals surface area contributed by atoms with Gasteiger partial charge in [-0.25, -0.2) is 4.79 Å². The first-order valence-corrected chi connectivity index (χ1v) is 11.1. The van der Waals surface area contributed by atoms with E-state index >= 15 is 0 Å². The number of fused-ring (bicyclic) bond motifs is 2. The normalized spacial score (nSPS) is 12.9. The van der Waals surface area contributed by atoms with Crippen LogP contribution in [0.4, 0.5) is 11.4 Å². The highest BCUT2D eigenvalue weighted by atomic mass is 16.6. The van der Waals surface area contributed by atoms with Gasteiger partial charge in [0, 0.05) is 35.0 Å². The van der Waals surface area contributed by atoms with Gasteiger partial charge in [0.25, 0.3) is 0 Å². The average Bonchev–Trinajstić information content (AvgIpc) is 2.83. The summed E-state index contributed by atoms with van der Waals surface area (Å²) in [6, 6.07) is 25.8. The van der Waals surface area contributed by atoms with E-state index in [9.17, 15) is 19.2 Å². The highest BCUT2D eigenvalue weighted by Gasteiger charge is 2.45. The van der Waals surface area contributed by atoms with Crippen LogP contribution in [0.1, 0.15) is 36.5 Å². The number of carboxylic acids is 3. The molecule has 192 valence electrons. The Bertz CT molecular complexity index is 1260. The lowest BCUT2D eigenvalue weighted by atomic mass is 9.76. The third kappa shape index (κ3) is 5.76. The number of hydrogen-bond acceptors (Lipinski definition) is 7. The molecule has 5 N–H and O–H groups in total. The SMILES string of the molecule is CC(=O)OC1(c2ccccc2)c2ccccc2Nc2ccccc21.O=C(O)CC(O)(CC(=O)O)C(=O)O. The predicted octanol–water partition coefficient (Wildman–Crippen LogP) is 3.35. The van der Waals surface area contributed by atoms with Gasteiger partial charge in [0.2, 0.25) is 0 Å². The van der Waals surface area contributed by atoms with Crippen molar-refractivity contribution in [1.29, 1.82) is 0 Å². The summed E-state index contributed by atoms with van der Waals surface area (Å²) in [6.45, 7) is 1.46. The van der Waals surface area contributed by atoms with Crippen LogP contribution in [0, 0.1) is 0 Å². The Morgan fingerprint density at radius 2 is 1.19 bits per heavy atom. The number of rotatable bonds is 7. The molecule has 0 aromatic heterocycles. The number of para-hydroxylation sites is 2. The zero-order valence-corrected chi connectivity index (χ0v) is 19.7. The van der Waals surface area contributed by atoms with E-state index in [2.05, 4.69) is 5.32 Å². The van der Waals surface area contributed by atoms with Crippen molar-refractivity contribution in [3.05, 3.63) is 95.6 Å². The summed E-state index contributed by atoms with van der Waals surface area (Å²) >= 11 is 0. The number of hydrogen-bond donors (Lipinski definition) is 5. The molecule has 0 spiro atoms. The molecule has 0 bridgehead atoms. The quantitative estimate of drug-likeness (QED) is 0.299. The van der Waals surface area contributed by atoms with Crippen molar-refractivity contribution in [2.45, 2.75) is 31.0 Å². The van der Waals surface area contributed by atoms with E-state index in [1.165, 1.54) is 6.92 Å². The molecule has 1 aliphatic rings. The molecule has 0 fully saturated rings. The number of aliphatic carboxylic acids is 3. The van der Waals surface area contributed by atoms with Crippen molar-refractivity contribution in [3.8, 4) is 0 Å². The molecule has 0 radical (unpaired) electrons. The predicted molar refractivity (Wildman–Crippen MR) is 131 cm³/mol. The number of anilines is 2. The molecule has 1 heterocycles. The summed E-state index contributed by atoms with van der Waals surface area (Å²) in [5.74, 6) is -5.33. The summed E-state index contributed by atoms with van der Waals surface area (Å²) < 4.78 is 6.04. The number of ether oxygens (including phenoxy) is 1. The molecule has 0 unspecified atom stereocenters. The highest BCUT2D eigenvalue weighted by molar-refractivity contribution is 5.88. The minimum Gasteiger partial charge on any atom is -0.481 e. The molecule has 0 saturated carbocycles. The van der Waals surface area contributed by atoms with Crippen LogP contribution < -0.4 is 5.32 Å². The standard InChI is InChI=1S/C21H17NO2.C6H8O7/c1-15(23)24-21(16-9-3-2-4-10-16)17-11-5-7-13-19(17)22-20-14-8-6-12-18(20)21;7-3(8)1-6(13,5(11)12)2-4(9)10/h2-14,22H,1H3;13H,1-2H2,(H,7,8)(H,9,10)(H,11,12). The Morgan fingerprint density at radius 1 is 0.757 bits per heavy atom. The van der Waals surface area contributed by atoms with E-state index in [1.54, 1.807) is 0 Å². The lowest BCUT2D eigenvalue weighted by Gasteiger charge is -2.40. The van der Waals surface area contributed by atoms with Gasteiger partial charge in [0.15, 0.2) is 11.2 Å². The van der Waals surface area contributed by atoms with E-state index in [-0.39, 0.29) is 5.97 Å². The molecule has 37 heavy (non-hydrogen) atoms. The van der Waals surface area contributed by atoms with Crippen LogP contribution in [0.5, 0.6) is 0 Å². The molecule has 0 saturated heterocycles. The van der Waals surface area contributed by atoms with E-state index in [0.29, 0.717) is 0 Å². The van der Waals surface area contributed by atoms with Gasteiger partial charge in [-0.2, -0.15) is 0 Å². The molecule has 3 aromatic rings. The zero-order valence-electron chi connectivity index (χ0n) is 19.7. The van der Waals surface area contributed by atoms with Gasteiger partial charge in [0.05, 0.1) is 12.8 Å². The van der Waals surface area contributed by atoms with Gasteiger partial charge in [-0.15, -0.1) is 0 Å². The van der Waals surface area contributed by atoms with Crippen molar-refractivity contribution in [1.82, 2.24) is 0 Å². The molecule has 0 atom stereocenters.